The minimum Gasteiger partial charge on any atom is -0.394 e. The van der Waals surface area contributed by atoms with E-state index in [1.807, 2.05) is 24.3 Å². The zero-order valence-corrected chi connectivity index (χ0v) is 13.1. The molecule has 1 aliphatic heterocycles. The van der Waals surface area contributed by atoms with Crippen LogP contribution in [0.4, 0.5) is 0 Å². The number of hydrogen-bond donors (Lipinski definition) is 1. The van der Waals surface area contributed by atoms with Gasteiger partial charge in [0.25, 0.3) is 0 Å². The zero-order chi connectivity index (χ0) is 15.5. The molecule has 0 radical (unpaired) electrons. The normalized spacial score (nSPS) is 15.0. The van der Waals surface area contributed by atoms with Crippen LogP contribution in [0.15, 0.2) is 36.9 Å². The molecular weight excluding hydrogens is 302 g/mol. The van der Waals surface area contributed by atoms with Crippen molar-refractivity contribution in [3.8, 4) is 5.82 Å². The number of halogens is 1. The molecule has 116 valence electrons. The molecule has 3 rings (SSSR count). The Morgan fingerprint density at radius 2 is 2.23 bits per heavy atom. The Balaban J connectivity index is 1.75. The van der Waals surface area contributed by atoms with Crippen LogP contribution in [0.5, 0.6) is 0 Å². The predicted octanol–water partition coefficient (Wildman–Crippen LogP) is 1.77. The first-order chi connectivity index (χ1) is 10.7. The summed E-state index contributed by atoms with van der Waals surface area (Å²) in [5, 5.41) is 18.0. The number of hydrogen-bond acceptors (Lipinski definition) is 5. The van der Waals surface area contributed by atoms with Gasteiger partial charge in [0.2, 0.25) is 0 Å². The fourth-order valence-corrected chi connectivity index (χ4v) is 2.68. The van der Waals surface area contributed by atoms with Crippen molar-refractivity contribution in [3.05, 3.63) is 53.1 Å². The van der Waals surface area contributed by atoms with Crippen LogP contribution in [-0.2, 0) is 6.54 Å². The lowest BCUT2D eigenvalue weighted by Gasteiger charge is -2.28. The largest absolute Gasteiger partial charge is 0.394 e. The zero-order valence-electron chi connectivity index (χ0n) is 12.4. The molecule has 22 heavy (non-hydrogen) atoms. The number of rotatable bonds is 5. The molecule has 1 N–H and O–H groups in total. The van der Waals surface area contributed by atoms with E-state index in [9.17, 15) is 0 Å². The van der Waals surface area contributed by atoms with Crippen molar-refractivity contribution in [3.63, 3.8) is 0 Å². The molecule has 0 aromatic carbocycles. The lowest BCUT2D eigenvalue weighted by atomic mass is 10.2. The molecule has 3 heterocycles. The summed E-state index contributed by atoms with van der Waals surface area (Å²) >= 11 is 5.90. The van der Waals surface area contributed by atoms with Gasteiger partial charge in [-0.1, -0.05) is 17.7 Å². The van der Waals surface area contributed by atoms with Gasteiger partial charge in [-0.15, -0.1) is 0 Å². The molecule has 0 unspecified atom stereocenters. The number of aliphatic hydroxyl groups is 1. The molecule has 7 heteroatoms. The Kier molecular flexibility index (Phi) is 4.42. The molecule has 0 saturated heterocycles. The number of pyridine rings is 1. The van der Waals surface area contributed by atoms with E-state index < -0.39 is 0 Å². The first-order valence-electron chi connectivity index (χ1n) is 7.12. The first-order valence-corrected chi connectivity index (χ1v) is 7.50. The van der Waals surface area contributed by atoms with Crippen LogP contribution in [0.3, 0.4) is 0 Å². The van der Waals surface area contributed by atoms with Crippen LogP contribution in [0.2, 0.25) is 5.02 Å². The molecule has 0 atom stereocenters. The quantitative estimate of drug-likeness (QED) is 0.910. The summed E-state index contributed by atoms with van der Waals surface area (Å²) < 4.78 is 1.68. The van der Waals surface area contributed by atoms with E-state index >= 15 is 0 Å². The minimum absolute atomic E-state index is 0.136. The highest BCUT2D eigenvalue weighted by Crippen LogP contribution is 2.17. The van der Waals surface area contributed by atoms with E-state index in [4.69, 9.17) is 16.7 Å². The fourth-order valence-electron chi connectivity index (χ4n) is 2.54. The van der Waals surface area contributed by atoms with Gasteiger partial charge >= 0.3 is 0 Å². The second-order valence-electron chi connectivity index (χ2n) is 5.21. The SMILES string of the molecule is Cc1cc(CN2CC=CN2CCO)cnc1-n1cc(Cl)cn1. The van der Waals surface area contributed by atoms with Crippen molar-refractivity contribution >= 4 is 11.6 Å². The molecule has 0 aliphatic carbocycles. The van der Waals surface area contributed by atoms with Crippen LogP contribution in [-0.4, -0.2) is 49.6 Å². The minimum atomic E-state index is 0.136. The van der Waals surface area contributed by atoms with Crippen molar-refractivity contribution in [1.29, 1.82) is 0 Å². The van der Waals surface area contributed by atoms with E-state index in [-0.39, 0.29) is 6.61 Å². The van der Waals surface area contributed by atoms with Gasteiger partial charge < -0.3 is 10.1 Å². The Hall–Kier alpha value is -1.89. The fraction of sp³-hybridized carbons (Fsp3) is 0.333. The summed E-state index contributed by atoms with van der Waals surface area (Å²) in [4.78, 5) is 4.50. The summed E-state index contributed by atoms with van der Waals surface area (Å²) in [6, 6.07) is 2.10. The second kappa shape index (κ2) is 6.48. The third-order valence-corrected chi connectivity index (χ3v) is 3.72. The Morgan fingerprint density at radius 1 is 1.36 bits per heavy atom. The standard InChI is InChI=1S/C15H18ClN5O/c1-12-7-13(10-20-4-2-3-19(20)5-6-22)8-17-15(12)21-11-14(16)9-18-21/h2-3,7-9,11,22H,4-6,10H2,1H3. The maximum atomic E-state index is 9.08. The van der Waals surface area contributed by atoms with Gasteiger partial charge in [-0.05, 0) is 24.1 Å². The van der Waals surface area contributed by atoms with Gasteiger partial charge in [0.15, 0.2) is 5.82 Å². The van der Waals surface area contributed by atoms with Crippen LogP contribution >= 0.6 is 11.6 Å². The van der Waals surface area contributed by atoms with Crippen molar-refractivity contribution in [2.24, 2.45) is 0 Å². The third kappa shape index (κ3) is 3.14. The van der Waals surface area contributed by atoms with Gasteiger partial charge in [0.1, 0.15) is 0 Å². The number of β-amino-alcohol motifs (C(OH)–C–C–N with tert-alkyl or cyclic N) is 1. The number of aliphatic hydroxyl groups excluding tert-OH is 1. The van der Waals surface area contributed by atoms with Crippen molar-refractivity contribution in [1.82, 2.24) is 24.8 Å². The average molecular weight is 320 g/mol. The van der Waals surface area contributed by atoms with E-state index in [1.54, 1.807) is 17.1 Å². The van der Waals surface area contributed by atoms with Gasteiger partial charge in [-0.25, -0.2) is 14.7 Å². The van der Waals surface area contributed by atoms with E-state index in [1.165, 1.54) is 0 Å². The van der Waals surface area contributed by atoms with Crippen molar-refractivity contribution in [2.45, 2.75) is 13.5 Å². The van der Waals surface area contributed by atoms with Gasteiger partial charge in [0.05, 0.1) is 30.6 Å². The molecule has 2 aromatic heterocycles. The summed E-state index contributed by atoms with van der Waals surface area (Å²) in [5.74, 6) is 0.780. The lowest BCUT2D eigenvalue weighted by Crippen LogP contribution is -2.36. The highest BCUT2D eigenvalue weighted by Gasteiger charge is 2.16. The summed E-state index contributed by atoms with van der Waals surface area (Å²) in [5.41, 5.74) is 2.16. The summed E-state index contributed by atoms with van der Waals surface area (Å²) in [6.45, 7) is 4.34. The molecule has 0 fully saturated rings. The van der Waals surface area contributed by atoms with Crippen LogP contribution in [0, 0.1) is 6.92 Å². The van der Waals surface area contributed by atoms with Crippen LogP contribution in [0.25, 0.3) is 5.82 Å². The number of hydrazine groups is 1. The maximum absolute atomic E-state index is 9.08. The van der Waals surface area contributed by atoms with Gasteiger partial charge in [-0.3, -0.25) is 0 Å². The topological polar surface area (TPSA) is 57.4 Å². The van der Waals surface area contributed by atoms with Crippen LogP contribution < -0.4 is 0 Å². The van der Waals surface area contributed by atoms with Crippen molar-refractivity contribution in [2.75, 3.05) is 19.7 Å². The molecule has 6 nitrogen and oxygen atoms in total. The van der Waals surface area contributed by atoms with Crippen molar-refractivity contribution < 1.29 is 5.11 Å². The monoisotopic (exact) mass is 319 g/mol. The maximum Gasteiger partial charge on any atom is 0.156 e. The Bertz CT molecular complexity index is 684. The highest BCUT2D eigenvalue weighted by atomic mass is 35.5. The van der Waals surface area contributed by atoms with Gasteiger partial charge in [-0.2, -0.15) is 5.10 Å². The number of aromatic nitrogens is 3. The second-order valence-corrected chi connectivity index (χ2v) is 5.64. The summed E-state index contributed by atoms with van der Waals surface area (Å²) in [6.07, 6.45) is 9.27. The van der Waals surface area contributed by atoms with Gasteiger partial charge in [0, 0.05) is 25.5 Å². The lowest BCUT2D eigenvalue weighted by molar-refractivity contribution is 0.0285. The molecule has 2 aromatic rings. The third-order valence-electron chi connectivity index (χ3n) is 3.53. The Labute approximate surface area is 134 Å². The Morgan fingerprint density at radius 3 is 2.91 bits per heavy atom. The molecular formula is C15H18ClN5O. The van der Waals surface area contributed by atoms with Crippen LogP contribution in [0.1, 0.15) is 11.1 Å². The van der Waals surface area contributed by atoms with E-state index in [2.05, 4.69) is 27.2 Å². The number of aryl methyl sites for hydroxylation is 1. The molecule has 0 spiro atoms. The molecule has 0 saturated carbocycles. The molecule has 0 amide bonds. The van der Waals surface area contributed by atoms with E-state index in [0.29, 0.717) is 11.6 Å². The van der Waals surface area contributed by atoms with E-state index in [0.717, 1.165) is 30.0 Å². The predicted molar refractivity (Wildman–Crippen MR) is 84.4 cm³/mol. The molecule has 1 aliphatic rings. The average Bonchev–Trinajstić information content (AvgIpc) is 3.09. The smallest absolute Gasteiger partial charge is 0.156 e. The highest BCUT2D eigenvalue weighted by molar-refractivity contribution is 6.30. The summed E-state index contributed by atoms with van der Waals surface area (Å²) in [7, 11) is 0. The molecule has 0 bridgehead atoms. The number of nitrogens with zero attached hydrogens (tertiary/aromatic N) is 5. The first kappa shape index (κ1) is 15.0.